The molecule has 0 N–H and O–H groups in total. The number of aromatic nitrogens is 1. The average molecular weight is 187 g/mol. The van der Waals surface area contributed by atoms with Crippen molar-refractivity contribution in [2.45, 2.75) is 0 Å². The van der Waals surface area contributed by atoms with Crippen LogP contribution in [0.3, 0.4) is 0 Å². The maximum absolute atomic E-state index is 11.3. The highest BCUT2D eigenvalue weighted by molar-refractivity contribution is 5.92. The fourth-order valence-corrected chi connectivity index (χ4v) is 1.46. The van der Waals surface area contributed by atoms with Gasteiger partial charge in [-0.3, -0.25) is 4.79 Å². The molecule has 0 amide bonds. The van der Waals surface area contributed by atoms with Crippen molar-refractivity contribution >= 4 is 21.9 Å². The lowest BCUT2D eigenvalue weighted by Crippen LogP contribution is -2.03. The van der Waals surface area contributed by atoms with E-state index in [1.165, 1.54) is 0 Å². The summed E-state index contributed by atoms with van der Waals surface area (Å²) in [6.45, 7) is 0. The number of furan rings is 1. The van der Waals surface area contributed by atoms with Crippen molar-refractivity contribution in [3.8, 4) is 0 Å². The van der Waals surface area contributed by atoms with Crippen LogP contribution in [0.25, 0.3) is 21.9 Å². The van der Waals surface area contributed by atoms with Crippen LogP contribution in [-0.4, -0.2) is 4.98 Å². The number of rotatable bonds is 0. The Kier molecular flexibility index (Phi) is 1.28. The molecule has 4 nitrogen and oxygen atoms in total. The van der Waals surface area contributed by atoms with Crippen molar-refractivity contribution in [2.75, 3.05) is 0 Å². The van der Waals surface area contributed by atoms with Crippen molar-refractivity contribution in [3.63, 3.8) is 0 Å². The molecule has 0 spiro atoms. The third kappa shape index (κ3) is 0.877. The molecule has 0 fully saturated rings. The molecule has 0 aliphatic carbocycles. The van der Waals surface area contributed by atoms with Crippen LogP contribution in [0.5, 0.6) is 0 Å². The lowest BCUT2D eigenvalue weighted by Gasteiger charge is -1.93. The minimum atomic E-state index is -0.283. The van der Waals surface area contributed by atoms with Gasteiger partial charge in [-0.25, -0.2) is 0 Å². The summed E-state index contributed by atoms with van der Waals surface area (Å²) in [5, 5.41) is 1.35. The second-order valence-electron chi connectivity index (χ2n) is 2.96. The smallest absolute Gasteiger partial charge is 0.283 e. The minimum absolute atomic E-state index is 0.283. The number of nitrogens with zero attached hydrogens (tertiary/aromatic N) is 1. The maximum Gasteiger partial charge on any atom is 0.283 e. The molecular formula is C10H5NO3. The molecule has 0 aliphatic heterocycles. The molecule has 14 heavy (non-hydrogen) atoms. The molecule has 0 unspecified atom stereocenters. The molecule has 68 valence electrons. The van der Waals surface area contributed by atoms with E-state index in [0.29, 0.717) is 16.6 Å². The number of fused-ring (bicyclic) bond motifs is 2. The topological polar surface area (TPSA) is 56.2 Å². The molecule has 0 saturated heterocycles. The van der Waals surface area contributed by atoms with Gasteiger partial charge in [-0.15, -0.1) is 0 Å². The van der Waals surface area contributed by atoms with E-state index in [2.05, 4.69) is 4.98 Å². The van der Waals surface area contributed by atoms with E-state index in [1.807, 2.05) is 0 Å². The number of hydrogen-bond donors (Lipinski definition) is 0. The van der Waals surface area contributed by atoms with E-state index >= 15 is 0 Å². The fourth-order valence-electron chi connectivity index (χ4n) is 1.46. The maximum atomic E-state index is 11.3. The molecule has 2 aromatic heterocycles. The first-order valence-corrected chi connectivity index (χ1v) is 4.09. The predicted octanol–water partition coefficient (Wildman–Crippen LogP) is 1.93. The Bertz CT molecular complexity index is 665. The van der Waals surface area contributed by atoms with Gasteiger partial charge in [0, 0.05) is 11.5 Å². The second kappa shape index (κ2) is 2.45. The van der Waals surface area contributed by atoms with Crippen LogP contribution in [0.2, 0.25) is 0 Å². The molecule has 1 aromatic carbocycles. The van der Waals surface area contributed by atoms with Crippen molar-refractivity contribution in [3.05, 3.63) is 41.2 Å². The standard InChI is InChI=1S/C10H5NO3/c12-10-7-3-6-1-2-13-8(6)4-9(7)14-5-11-10/h1-5H. The Morgan fingerprint density at radius 3 is 3.00 bits per heavy atom. The molecule has 0 radical (unpaired) electrons. The van der Waals surface area contributed by atoms with Crippen LogP contribution in [0.15, 0.2) is 44.5 Å². The first-order chi connectivity index (χ1) is 6.84. The first kappa shape index (κ1) is 7.32. The fraction of sp³-hybridized carbons (Fsp3) is 0. The van der Waals surface area contributed by atoms with E-state index < -0.39 is 0 Å². The van der Waals surface area contributed by atoms with E-state index in [0.717, 1.165) is 11.8 Å². The summed E-state index contributed by atoms with van der Waals surface area (Å²) >= 11 is 0. The van der Waals surface area contributed by atoms with Crippen molar-refractivity contribution in [2.24, 2.45) is 0 Å². The van der Waals surface area contributed by atoms with Crippen LogP contribution in [0, 0.1) is 0 Å². The molecule has 0 saturated carbocycles. The number of hydrogen-bond acceptors (Lipinski definition) is 4. The Hall–Kier alpha value is -2.10. The van der Waals surface area contributed by atoms with E-state index in [1.54, 1.807) is 24.5 Å². The van der Waals surface area contributed by atoms with Crippen LogP contribution < -0.4 is 5.56 Å². The van der Waals surface area contributed by atoms with E-state index in [9.17, 15) is 4.79 Å². The Morgan fingerprint density at radius 1 is 1.14 bits per heavy atom. The number of benzene rings is 1. The zero-order valence-corrected chi connectivity index (χ0v) is 7.06. The Balaban J connectivity index is 2.63. The highest BCUT2D eigenvalue weighted by Gasteiger charge is 2.04. The van der Waals surface area contributed by atoms with Gasteiger partial charge < -0.3 is 8.83 Å². The highest BCUT2D eigenvalue weighted by Crippen LogP contribution is 2.20. The summed E-state index contributed by atoms with van der Waals surface area (Å²) in [7, 11) is 0. The van der Waals surface area contributed by atoms with Gasteiger partial charge in [-0.2, -0.15) is 4.98 Å². The van der Waals surface area contributed by atoms with Crippen molar-refractivity contribution < 1.29 is 8.83 Å². The normalized spacial score (nSPS) is 11.1. The summed E-state index contributed by atoms with van der Waals surface area (Å²) < 4.78 is 10.3. The van der Waals surface area contributed by atoms with Gasteiger partial charge in [0.15, 0.2) is 6.39 Å². The van der Waals surface area contributed by atoms with Crippen LogP contribution >= 0.6 is 0 Å². The lowest BCUT2D eigenvalue weighted by molar-refractivity contribution is 0.573. The predicted molar refractivity (Wildman–Crippen MR) is 50.1 cm³/mol. The monoisotopic (exact) mass is 187 g/mol. The van der Waals surface area contributed by atoms with Gasteiger partial charge in [0.25, 0.3) is 5.56 Å². The van der Waals surface area contributed by atoms with Crippen molar-refractivity contribution in [1.82, 2.24) is 4.98 Å². The largest absolute Gasteiger partial charge is 0.464 e. The molecule has 3 rings (SSSR count). The molecule has 2 heterocycles. The van der Waals surface area contributed by atoms with Gasteiger partial charge >= 0.3 is 0 Å². The molecule has 0 aliphatic rings. The van der Waals surface area contributed by atoms with E-state index in [4.69, 9.17) is 8.83 Å². The van der Waals surface area contributed by atoms with Crippen LogP contribution in [0.1, 0.15) is 0 Å². The summed E-state index contributed by atoms with van der Waals surface area (Å²) in [4.78, 5) is 14.9. The van der Waals surface area contributed by atoms with Gasteiger partial charge in [-0.05, 0) is 12.1 Å². The summed E-state index contributed by atoms with van der Waals surface area (Å²) in [5.41, 5.74) is 0.911. The SMILES string of the molecule is O=c1ncoc2cc3occc3cc12. The van der Waals surface area contributed by atoms with Gasteiger partial charge in [0.2, 0.25) is 0 Å². The summed E-state index contributed by atoms with van der Waals surface area (Å²) in [6.07, 6.45) is 2.71. The third-order valence-electron chi connectivity index (χ3n) is 2.13. The summed E-state index contributed by atoms with van der Waals surface area (Å²) in [6, 6.07) is 5.20. The average Bonchev–Trinajstić information content (AvgIpc) is 2.62. The second-order valence-corrected chi connectivity index (χ2v) is 2.96. The Morgan fingerprint density at radius 2 is 2.07 bits per heavy atom. The summed E-state index contributed by atoms with van der Waals surface area (Å²) in [5.74, 6) is 0. The molecule has 4 heteroatoms. The zero-order chi connectivity index (χ0) is 9.54. The zero-order valence-electron chi connectivity index (χ0n) is 7.06. The molecule has 0 atom stereocenters. The molecule has 3 aromatic rings. The highest BCUT2D eigenvalue weighted by atomic mass is 16.3. The Labute approximate surface area is 77.8 Å². The van der Waals surface area contributed by atoms with Crippen LogP contribution in [-0.2, 0) is 0 Å². The molecular weight excluding hydrogens is 182 g/mol. The minimum Gasteiger partial charge on any atom is -0.464 e. The van der Waals surface area contributed by atoms with Gasteiger partial charge in [-0.1, -0.05) is 0 Å². The van der Waals surface area contributed by atoms with Crippen molar-refractivity contribution in [1.29, 1.82) is 0 Å². The van der Waals surface area contributed by atoms with Crippen LogP contribution in [0.4, 0.5) is 0 Å². The quantitative estimate of drug-likeness (QED) is 0.539. The van der Waals surface area contributed by atoms with E-state index in [-0.39, 0.29) is 5.56 Å². The first-order valence-electron chi connectivity index (χ1n) is 4.09. The van der Waals surface area contributed by atoms with Gasteiger partial charge in [0.1, 0.15) is 11.2 Å². The van der Waals surface area contributed by atoms with Gasteiger partial charge in [0.05, 0.1) is 11.6 Å². The third-order valence-corrected chi connectivity index (χ3v) is 2.13. The molecule has 0 bridgehead atoms. The lowest BCUT2D eigenvalue weighted by atomic mass is 10.2.